The van der Waals surface area contributed by atoms with Crippen LogP contribution in [0.3, 0.4) is 0 Å². The lowest BCUT2D eigenvalue weighted by atomic mass is 10.2. The predicted octanol–water partition coefficient (Wildman–Crippen LogP) is 1.63. The monoisotopic (exact) mass is 183 g/mol. The molecular weight excluding hydrogens is 174 g/mol. The van der Waals surface area contributed by atoms with Crippen LogP contribution in [0.5, 0.6) is 0 Å². The highest BCUT2D eigenvalue weighted by Crippen LogP contribution is 2.08. The molecule has 0 radical (unpaired) electrons. The van der Waals surface area contributed by atoms with Crippen LogP contribution < -0.4 is 5.32 Å². The Hall–Kier alpha value is -2.19. The first-order valence-corrected chi connectivity index (χ1v) is 4.06. The second-order valence-corrected chi connectivity index (χ2v) is 2.55. The fourth-order valence-electron chi connectivity index (χ4n) is 0.963. The third kappa shape index (κ3) is 2.69. The van der Waals surface area contributed by atoms with Gasteiger partial charge in [-0.2, -0.15) is 0 Å². The van der Waals surface area contributed by atoms with Crippen molar-refractivity contribution in [1.82, 2.24) is 0 Å². The minimum Gasteiger partial charge on any atom is -0.315 e. The molecule has 1 aromatic rings. The zero-order valence-electron chi connectivity index (χ0n) is 7.79. The van der Waals surface area contributed by atoms with Gasteiger partial charge < -0.3 is 5.32 Å². The summed E-state index contributed by atoms with van der Waals surface area (Å²) >= 11 is 0. The van der Waals surface area contributed by atoms with E-state index in [0.29, 0.717) is 5.69 Å². The Morgan fingerprint density at radius 2 is 2.29 bits per heavy atom. The van der Waals surface area contributed by atoms with Gasteiger partial charge in [-0.25, -0.2) is 0 Å². The fourth-order valence-corrected chi connectivity index (χ4v) is 0.963. The van der Waals surface area contributed by atoms with Crippen LogP contribution in [0.1, 0.15) is 12.5 Å². The second kappa shape index (κ2) is 4.74. The molecule has 0 unspecified atom stereocenters. The predicted molar refractivity (Wildman–Crippen MR) is 56.5 cm³/mol. The molecule has 0 heterocycles. The number of hydrogen-bond acceptors (Lipinski definition) is 1. The highest BCUT2D eigenvalue weighted by Gasteiger charge is 1.97. The summed E-state index contributed by atoms with van der Waals surface area (Å²) in [5, 5.41) is 2.61. The summed E-state index contributed by atoms with van der Waals surface area (Å²) in [4.78, 5) is 11.1. The zero-order chi connectivity index (χ0) is 10.4. The number of amides is 1. The van der Waals surface area contributed by atoms with Crippen LogP contribution in [-0.2, 0) is 4.79 Å². The molecule has 68 valence electrons. The van der Waals surface area contributed by atoms with Gasteiger partial charge in [0, 0.05) is 11.3 Å². The highest BCUT2D eigenvalue weighted by atomic mass is 16.1. The molecule has 0 fully saturated rings. The molecular formula is C12H9NO. The quantitative estimate of drug-likeness (QED) is 0.659. The van der Waals surface area contributed by atoms with Crippen molar-refractivity contribution in [1.29, 1.82) is 0 Å². The molecule has 0 saturated heterocycles. The standard InChI is InChI=1S/C12H9NO/c1-3-6-12(14)13-11-8-5-7-10(4-2)9-11/h2,5,7-9H,1H3,(H,13,14). The van der Waals surface area contributed by atoms with E-state index in [-0.39, 0.29) is 5.91 Å². The number of carbonyl (C=O) groups is 1. The van der Waals surface area contributed by atoms with Crippen LogP contribution in [0.2, 0.25) is 0 Å². The van der Waals surface area contributed by atoms with Gasteiger partial charge in [0.2, 0.25) is 0 Å². The average Bonchev–Trinajstić information content (AvgIpc) is 2.18. The van der Waals surface area contributed by atoms with E-state index < -0.39 is 0 Å². The maximum atomic E-state index is 11.1. The first-order valence-electron chi connectivity index (χ1n) is 4.06. The molecule has 0 saturated carbocycles. The van der Waals surface area contributed by atoms with Crippen molar-refractivity contribution in [3.63, 3.8) is 0 Å². The Morgan fingerprint density at radius 3 is 2.93 bits per heavy atom. The van der Waals surface area contributed by atoms with Gasteiger partial charge in [-0.1, -0.05) is 17.9 Å². The number of anilines is 1. The van der Waals surface area contributed by atoms with E-state index in [9.17, 15) is 4.79 Å². The summed E-state index contributed by atoms with van der Waals surface area (Å²) in [5.74, 6) is 7.05. The van der Waals surface area contributed by atoms with E-state index in [4.69, 9.17) is 6.42 Å². The molecule has 2 nitrogen and oxygen atoms in total. The number of rotatable bonds is 1. The first kappa shape index (κ1) is 9.89. The molecule has 2 heteroatoms. The Morgan fingerprint density at radius 1 is 1.50 bits per heavy atom. The van der Waals surface area contributed by atoms with Crippen molar-refractivity contribution in [2.24, 2.45) is 0 Å². The van der Waals surface area contributed by atoms with Gasteiger partial charge in [-0.05, 0) is 31.0 Å². The van der Waals surface area contributed by atoms with Crippen molar-refractivity contribution in [2.45, 2.75) is 6.92 Å². The Labute approximate surface area is 83.3 Å². The van der Waals surface area contributed by atoms with E-state index in [1.54, 1.807) is 31.2 Å². The lowest BCUT2D eigenvalue weighted by Crippen LogP contribution is -2.08. The molecule has 14 heavy (non-hydrogen) atoms. The number of carbonyl (C=O) groups excluding carboxylic acids is 1. The van der Waals surface area contributed by atoms with Crippen molar-refractivity contribution in [2.75, 3.05) is 5.32 Å². The summed E-state index contributed by atoms with van der Waals surface area (Å²) < 4.78 is 0. The SMILES string of the molecule is C#Cc1cccc(NC(=O)C#CC)c1. The second-order valence-electron chi connectivity index (χ2n) is 2.55. The van der Waals surface area contributed by atoms with E-state index >= 15 is 0 Å². The van der Waals surface area contributed by atoms with Crippen molar-refractivity contribution in [3.8, 4) is 24.2 Å². The van der Waals surface area contributed by atoms with Crippen LogP contribution in [0, 0.1) is 24.2 Å². The molecule has 0 spiro atoms. The van der Waals surface area contributed by atoms with Crippen LogP contribution >= 0.6 is 0 Å². The molecule has 0 aliphatic rings. The van der Waals surface area contributed by atoms with Crippen LogP contribution in [0.15, 0.2) is 24.3 Å². The van der Waals surface area contributed by atoms with Gasteiger partial charge >= 0.3 is 0 Å². The Kier molecular flexibility index (Phi) is 3.35. The minimum atomic E-state index is -0.332. The van der Waals surface area contributed by atoms with Crippen LogP contribution in [0.25, 0.3) is 0 Å². The molecule has 1 amide bonds. The molecule has 1 N–H and O–H groups in total. The third-order valence-corrected chi connectivity index (χ3v) is 1.53. The van der Waals surface area contributed by atoms with E-state index in [1.165, 1.54) is 0 Å². The summed E-state index contributed by atoms with van der Waals surface area (Å²) in [7, 11) is 0. The molecule has 0 atom stereocenters. The van der Waals surface area contributed by atoms with Crippen LogP contribution in [0.4, 0.5) is 5.69 Å². The number of nitrogens with one attached hydrogen (secondary N) is 1. The average molecular weight is 183 g/mol. The van der Waals surface area contributed by atoms with Gasteiger partial charge in [0.1, 0.15) is 0 Å². The topological polar surface area (TPSA) is 29.1 Å². The number of hydrogen-bond donors (Lipinski definition) is 1. The molecule has 0 bridgehead atoms. The minimum absolute atomic E-state index is 0.332. The Bertz CT molecular complexity index is 443. The van der Waals surface area contributed by atoms with E-state index in [2.05, 4.69) is 23.1 Å². The van der Waals surface area contributed by atoms with Crippen molar-refractivity contribution in [3.05, 3.63) is 29.8 Å². The maximum Gasteiger partial charge on any atom is 0.300 e. The molecule has 0 aliphatic heterocycles. The molecule has 1 rings (SSSR count). The largest absolute Gasteiger partial charge is 0.315 e. The zero-order valence-corrected chi connectivity index (χ0v) is 7.79. The summed E-state index contributed by atoms with van der Waals surface area (Å²) in [6, 6.07) is 7.05. The van der Waals surface area contributed by atoms with E-state index in [0.717, 1.165) is 5.56 Å². The smallest absolute Gasteiger partial charge is 0.300 e. The normalized spacial score (nSPS) is 8.00. The third-order valence-electron chi connectivity index (χ3n) is 1.53. The van der Waals surface area contributed by atoms with Gasteiger partial charge in [0.15, 0.2) is 0 Å². The van der Waals surface area contributed by atoms with Gasteiger partial charge in [0.05, 0.1) is 0 Å². The van der Waals surface area contributed by atoms with E-state index in [1.807, 2.05) is 0 Å². The van der Waals surface area contributed by atoms with Gasteiger partial charge in [-0.15, -0.1) is 6.42 Å². The first-order chi connectivity index (χ1) is 6.76. The Balaban J connectivity index is 2.81. The van der Waals surface area contributed by atoms with Crippen LogP contribution in [-0.4, -0.2) is 5.91 Å². The van der Waals surface area contributed by atoms with Crippen molar-refractivity contribution < 1.29 is 4.79 Å². The van der Waals surface area contributed by atoms with Crippen molar-refractivity contribution >= 4 is 11.6 Å². The number of benzene rings is 1. The van der Waals surface area contributed by atoms with Gasteiger partial charge in [0.25, 0.3) is 5.91 Å². The fraction of sp³-hybridized carbons (Fsp3) is 0.0833. The highest BCUT2D eigenvalue weighted by molar-refractivity contribution is 6.03. The summed E-state index contributed by atoms with van der Waals surface area (Å²) in [6.07, 6.45) is 5.22. The maximum absolute atomic E-state index is 11.1. The molecule has 0 aliphatic carbocycles. The summed E-state index contributed by atoms with van der Waals surface area (Å²) in [5.41, 5.74) is 1.39. The number of terminal acetylenes is 1. The molecule has 0 aromatic heterocycles. The lowest BCUT2D eigenvalue weighted by Gasteiger charge is -2.00. The van der Waals surface area contributed by atoms with Gasteiger partial charge in [-0.3, -0.25) is 4.79 Å². The summed E-state index contributed by atoms with van der Waals surface area (Å²) in [6.45, 7) is 1.61. The lowest BCUT2D eigenvalue weighted by molar-refractivity contribution is -0.111. The molecule has 1 aromatic carbocycles.